The summed E-state index contributed by atoms with van der Waals surface area (Å²) in [6, 6.07) is 5.65. The number of carbonyl (C=O) groups is 1. The first kappa shape index (κ1) is 24.6. The standard InChI is InChI=1S/C22H36N4O5/c1-6-23-20(26-10-9-17(15-26)25-21(28)31-22(2,3)4)24-14-16-7-8-18(30-12-11-27)19(13-16)29-5/h7-8,13,17,27H,6,9-12,14-15H2,1-5H3,(H,23,24)(H,25,28). The number of amides is 1. The minimum Gasteiger partial charge on any atom is -0.493 e. The molecular weight excluding hydrogens is 400 g/mol. The minimum atomic E-state index is -0.515. The predicted molar refractivity (Wildman–Crippen MR) is 120 cm³/mol. The van der Waals surface area contributed by atoms with Gasteiger partial charge in [0.05, 0.1) is 26.3 Å². The number of aliphatic hydroxyl groups is 1. The molecule has 1 saturated heterocycles. The van der Waals surface area contributed by atoms with Crippen LogP contribution in [0.25, 0.3) is 0 Å². The number of nitrogens with one attached hydrogen (secondary N) is 2. The molecule has 1 aromatic carbocycles. The van der Waals surface area contributed by atoms with Crippen molar-refractivity contribution in [2.24, 2.45) is 4.99 Å². The van der Waals surface area contributed by atoms with E-state index >= 15 is 0 Å². The lowest BCUT2D eigenvalue weighted by atomic mass is 10.2. The lowest BCUT2D eigenvalue weighted by molar-refractivity contribution is 0.0507. The van der Waals surface area contributed by atoms with Crippen molar-refractivity contribution in [3.8, 4) is 11.5 Å². The zero-order valence-electron chi connectivity index (χ0n) is 19.2. The fraction of sp³-hybridized carbons (Fsp3) is 0.636. The quantitative estimate of drug-likeness (QED) is 0.424. The van der Waals surface area contributed by atoms with Gasteiger partial charge >= 0.3 is 6.09 Å². The lowest BCUT2D eigenvalue weighted by Crippen LogP contribution is -2.44. The summed E-state index contributed by atoms with van der Waals surface area (Å²) in [7, 11) is 1.58. The highest BCUT2D eigenvalue weighted by molar-refractivity contribution is 5.80. The number of aliphatic imine (C=N–C) groups is 1. The van der Waals surface area contributed by atoms with E-state index in [1.807, 2.05) is 45.9 Å². The second-order valence-corrected chi connectivity index (χ2v) is 8.31. The van der Waals surface area contributed by atoms with Crippen LogP contribution in [-0.2, 0) is 11.3 Å². The van der Waals surface area contributed by atoms with Crippen molar-refractivity contribution in [1.82, 2.24) is 15.5 Å². The lowest BCUT2D eigenvalue weighted by Gasteiger charge is -2.23. The number of hydrogen-bond acceptors (Lipinski definition) is 6. The highest BCUT2D eigenvalue weighted by Crippen LogP contribution is 2.28. The van der Waals surface area contributed by atoms with Crippen LogP contribution in [0.3, 0.4) is 0 Å². The SMILES string of the molecule is CCNC(=NCc1ccc(OCCO)c(OC)c1)N1CCC(NC(=O)OC(C)(C)C)C1. The molecule has 31 heavy (non-hydrogen) atoms. The van der Waals surface area contributed by atoms with Gasteiger partial charge in [0.1, 0.15) is 12.2 Å². The average molecular weight is 437 g/mol. The minimum absolute atomic E-state index is 0.0155. The van der Waals surface area contributed by atoms with Crippen molar-refractivity contribution in [2.45, 2.75) is 52.3 Å². The Labute approximate surface area is 184 Å². The molecule has 1 atom stereocenters. The molecule has 1 fully saturated rings. The molecule has 1 aliphatic heterocycles. The maximum absolute atomic E-state index is 12.0. The maximum Gasteiger partial charge on any atom is 0.407 e. The topological polar surface area (TPSA) is 105 Å². The summed E-state index contributed by atoms with van der Waals surface area (Å²) in [5.41, 5.74) is 0.463. The molecule has 9 nitrogen and oxygen atoms in total. The summed E-state index contributed by atoms with van der Waals surface area (Å²) in [5.74, 6) is 2.00. The Kier molecular flexibility index (Phi) is 9.23. The van der Waals surface area contributed by atoms with Gasteiger partial charge in [0.15, 0.2) is 17.5 Å². The van der Waals surface area contributed by atoms with Gasteiger partial charge < -0.3 is 34.9 Å². The first-order valence-corrected chi connectivity index (χ1v) is 10.7. The number of hydrogen-bond donors (Lipinski definition) is 3. The average Bonchev–Trinajstić information content (AvgIpc) is 3.16. The van der Waals surface area contributed by atoms with Gasteiger partial charge in [0, 0.05) is 19.6 Å². The third-order valence-electron chi connectivity index (χ3n) is 4.53. The zero-order valence-corrected chi connectivity index (χ0v) is 19.2. The summed E-state index contributed by atoms with van der Waals surface area (Å²) in [4.78, 5) is 18.9. The second-order valence-electron chi connectivity index (χ2n) is 8.31. The Morgan fingerprint density at radius 1 is 1.32 bits per heavy atom. The smallest absolute Gasteiger partial charge is 0.407 e. The molecule has 1 heterocycles. The monoisotopic (exact) mass is 436 g/mol. The molecule has 1 aromatic rings. The molecule has 0 aliphatic carbocycles. The number of likely N-dealkylation sites (tertiary alicyclic amines) is 1. The van der Waals surface area contributed by atoms with Gasteiger partial charge in [0.2, 0.25) is 0 Å². The zero-order chi connectivity index (χ0) is 22.9. The van der Waals surface area contributed by atoms with Crippen molar-refractivity contribution in [1.29, 1.82) is 0 Å². The maximum atomic E-state index is 12.0. The second kappa shape index (κ2) is 11.6. The van der Waals surface area contributed by atoms with Gasteiger partial charge in [-0.1, -0.05) is 6.07 Å². The Balaban J connectivity index is 2.00. The van der Waals surface area contributed by atoms with Crippen LogP contribution in [0.2, 0.25) is 0 Å². The van der Waals surface area contributed by atoms with E-state index in [2.05, 4.69) is 15.5 Å². The van der Waals surface area contributed by atoms with Crippen LogP contribution >= 0.6 is 0 Å². The number of aliphatic hydroxyl groups excluding tert-OH is 1. The van der Waals surface area contributed by atoms with Crippen LogP contribution in [0.15, 0.2) is 23.2 Å². The molecule has 1 unspecified atom stereocenters. The van der Waals surface area contributed by atoms with E-state index in [9.17, 15) is 4.79 Å². The molecule has 0 saturated carbocycles. The molecule has 0 radical (unpaired) electrons. The summed E-state index contributed by atoms with van der Waals surface area (Å²) < 4.78 is 16.2. The summed E-state index contributed by atoms with van der Waals surface area (Å²) in [6.07, 6.45) is 0.436. The van der Waals surface area contributed by atoms with Crippen LogP contribution < -0.4 is 20.1 Å². The summed E-state index contributed by atoms with van der Waals surface area (Å²) in [5, 5.41) is 15.2. The highest BCUT2D eigenvalue weighted by atomic mass is 16.6. The Bertz CT molecular complexity index is 748. The van der Waals surface area contributed by atoms with E-state index in [1.165, 1.54) is 0 Å². The Morgan fingerprint density at radius 2 is 2.10 bits per heavy atom. The van der Waals surface area contributed by atoms with Gasteiger partial charge in [-0.3, -0.25) is 0 Å². The van der Waals surface area contributed by atoms with Gasteiger partial charge in [-0.05, 0) is 51.8 Å². The molecule has 2 rings (SSSR count). The number of methoxy groups -OCH3 is 1. The molecule has 0 bridgehead atoms. The molecule has 9 heteroatoms. The summed E-state index contributed by atoms with van der Waals surface area (Å²) in [6.45, 7) is 10.4. The van der Waals surface area contributed by atoms with E-state index in [-0.39, 0.29) is 19.3 Å². The highest BCUT2D eigenvalue weighted by Gasteiger charge is 2.27. The number of carbonyl (C=O) groups excluding carboxylic acids is 1. The van der Waals surface area contributed by atoms with Gasteiger partial charge in [-0.2, -0.15) is 0 Å². The number of alkyl carbamates (subject to hydrolysis) is 1. The van der Waals surface area contributed by atoms with E-state index in [0.717, 1.165) is 31.0 Å². The number of guanidine groups is 1. The van der Waals surface area contributed by atoms with Crippen LogP contribution in [-0.4, -0.2) is 73.7 Å². The first-order chi connectivity index (χ1) is 14.8. The van der Waals surface area contributed by atoms with Gasteiger partial charge in [-0.15, -0.1) is 0 Å². The fourth-order valence-corrected chi connectivity index (χ4v) is 3.22. The molecule has 1 amide bonds. The Morgan fingerprint density at radius 3 is 2.74 bits per heavy atom. The van der Waals surface area contributed by atoms with Crippen molar-refractivity contribution in [3.05, 3.63) is 23.8 Å². The number of nitrogens with zero attached hydrogens (tertiary/aromatic N) is 2. The van der Waals surface area contributed by atoms with Crippen LogP contribution in [0, 0.1) is 0 Å². The van der Waals surface area contributed by atoms with E-state index in [1.54, 1.807) is 7.11 Å². The Hall–Kier alpha value is -2.68. The predicted octanol–water partition coefficient (Wildman–Crippen LogP) is 2.13. The molecular formula is C22H36N4O5. The van der Waals surface area contributed by atoms with E-state index in [0.29, 0.717) is 24.6 Å². The molecule has 0 aromatic heterocycles. The van der Waals surface area contributed by atoms with Crippen molar-refractivity contribution in [3.63, 3.8) is 0 Å². The van der Waals surface area contributed by atoms with E-state index < -0.39 is 11.7 Å². The first-order valence-electron chi connectivity index (χ1n) is 10.7. The van der Waals surface area contributed by atoms with Crippen LogP contribution in [0.5, 0.6) is 11.5 Å². The molecule has 0 spiro atoms. The van der Waals surface area contributed by atoms with Crippen LogP contribution in [0.1, 0.15) is 39.7 Å². The number of rotatable bonds is 8. The van der Waals surface area contributed by atoms with Crippen molar-refractivity contribution >= 4 is 12.1 Å². The van der Waals surface area contributed by atoms with Gasteiger partial charge in [-0.25, -0.2) is 9.79 Å². The van der Waals surface area contributed by atoms with E-state index in [4.69, 9.17) is 24.3 Å². The number of benzene rings is 1. The third kappa shape index (κ3) is 8.16. The van der Waals surface area contributed by atoms with Crippen LogP contribution in [0.4, 0.5) is 4.79 Å². The normalized spacial score (nSPS) is 16.8. The summed E-state index contributed by atoms with van der Waals surface area (Å²) >= 11 is 0. The number of ether oxygens (including phenoxy) is 3. The molecule has 1 aliphatic rings. The van der Waals surface area contributed by atoms with Crippen molar-refractivity contribution < 1.29 is 24.1 Å². The van der Waals surface area contributed by atoms with Crippen molar-refractivity contribution in [2.75, 3.05) is 40.0 Å². The molecule has 3 N–H and O–H groups in total. The van der Waals surface area contributed by atoms with Gasteiger partial charge in [0.25, 0.3) is 0 Å². The third-order valence-corrected chi connectivity index (χ3v) is 4.53. The largest absolute Gasteiger partial charge is 0.493 e. The fourth-order valence-electron chi connectivity index (χ4n) is 3.22. The molecule has 174 valence electrons.